The molecule has 2 aromatic rings. The van der Waals surface area contributed by atoms with Crippen LogP contribution in [0, 0.1) is 11.7 Å². The lowest BCUT2D eigenvalue weighted by atomic mass is 10.1. The molecule has 1 N–H and O–H groups in total. The Hall–Kier alpha value is -3.05. The highest BCUT2D eigenvalue weighted by molar-refractivity contribution is 7.90. The Kier molecular flexibility index (Phi) is 9.14. The van der Waals surface area contributed by atoms with Gasteiger partial charge in [0.15, 0.2) is 0 Å². The van der Waals surface area contributed by atoms with Gasteiger partial charge >= 0.3 is 6.09 Å². The molecule has 0 bridgehead atoms. The van der Waals surface area contributed by atoms with E-state index in [0.717, 1.165) is 37.8 Å². The molecule has 0 radical (unpaired) electrons. The lowest BCUT2D eigenvalue weighted by Gasteiger charge is -2.24. The van der Waals surface area contributed by atoms with Crippen molar-refractivity contribution >= 4 is 33.6 Å². The third-order valence-electron chi connectivity index (χ3n) is 6.68. The van der Waals surface area contributed by atoms with Crippen molar-refractivity contribution in [1.29, 1.82) is 0 Å². The molecule has 12 heteroatoms. The number of benzene rings is 2. The van der Waals surface area contributed by atoms with E-state index in [0.29, 0.717) is 37.8 Å². The largest absolute Gasteiger partial charge is 0.492 e. The summed E-state index contributed by atoms with van der Waals surface area (Å²) in [5.41, 5.74) is -1.12. The lowest BCUT2D eigenvalue weighted by Crippen LogP contribution is -2.36. The first kappa shape index (κ1) is 29.9. The number of carbonyl (C=O) groups excluding carboxylic acids is 2. The Balaban J connectivity index is 1.34. The molecule has 2 fully saturated rings. The van der Waals surface area contributed by atoms with Gasteiger partial charge in [-0.05, 0) is 69.9 Å². The Morgan fingerprint density at radius 2 is 1.77 bits per heavy atom. The van der Waals surface area contributed by atoms with E-state index < -0.39 is 39.0 Å². The highest BCUT2D eigenvalue weighted by Gasteiger charge is 2.31. The number of ether oxygens (including phenoxy) is 3. The summed E-state index contributed by atoms with van der Waals surface area (Å²) in [6, 6.07) is 7.50. The van der Waals surface area contributed by atoms with Crippen LogP contribution in [-0.2, 0) is 14.8 Å². The SMILES string of the molecule is CC(C)(C)OC(=O)N1CCC(Oc2ccc(S(=O)(=O)NC(=O)c3cc(Cl)c(OCC4CCCC4)cc3F)cc2)C1. The van der Waals surface area contributed by atoms with E-state index >= 15 is 0 Å². The summed E-state index contributed by atoms with van der Waals surface area (Å²) < 4.78 is 59.1. The van der Waals surface area contributed by atoms with Crippen LogP contribution < -0.4 is 14.2 Å². The normalized spacial score (nSPS) is 18.0. The minimum Gasteiger partial charge on any atom is -0.492 e. The van der Waals surface area contributed by atoms with Gasteiger partial charge in [0, 0.05) is 19.0 Å². The Morgan fingerprint density at radius 3 is 2.42 bits per heavy atom. The number of hydrogen-bond acceptors (Lipinski definition) is 7. The topological polar surface area (TPSA) is 111 Å². The Bertz CT molecular complexity index is 1340. The third-order valence-corrected chi connectivity index (χ3v) is 8.32. The molecule has 0 spiro atoms. The molecule has 1 unspecified atom stereocenters. The number of hydrogen-bond donors (Lipinski definition) is 1. The monoisotopic (exact) mass is 596 g/mol. The van der Waals surface area contributed by atoms with E-state index in [4.69, 9.17) is 25.8 Å². The predicted molar refractivity (Wildman–Crippen MR) is 147 cm³/mol. The quantitative estimate of drug-likeness (QED) is 0.425. The second-order valence-electron chi connectivity index (χ2n) is 11.1. The van der Waals surface area contributed by atoms with Crippen molar-refractivity contribution in [3.05, 3.63) is 52.8 Å². The highest BCUT2D eigenvalue weighted by atomic mass is 35.5. The van der Waals surface area contributed by atoms with Gasteiger partial charge in [-0.2, -0.15) is 0 Å². The van der Waals surface area contributed by atoms with Crippen LogP contribution in [0.4, 0.5) is 9.18 Å². The Labute approximate surface area is 239 Å². The minimum absolute atomic E-state index is 0.0144. The van der Waals surface area contributed by atoms with Crippen LogP contribution in [0.3, 0.4) is 0 Å². The minimum atomic E-state index is -4.32. The average Bonchev–Trinajstić information content (AvgIpc) is 3.56. The fourth-order valence-electron chi connectivity index (χ4n) is 4.64. The molecule has 0 aromatic heterocycles. The molecule has 1 saturated carbocycles. The van der Waals surface area contributed by atoms with E-state index in [1.807, 2.05) is 4.72 Å². The number of nitrogens with one attached hydrogen (secondary N) is 1. The number of sulfonamides is 1. The van der Waals surface area contributed by atoms with Gasteiger partial charge in [0.1, 0.15) is 29.0 Å². The molecule has 2 aromatic carbocycles. The van der Waals surface area contributed by atoms with E-state index in [1.54, 1.807) is 25.7 Å². The summed E-state index contributed by atoms with van der Waals surface area (Å²) in [6.45, 7) is 6.60. The number of likely N-dealkylation sites (tertiary alicyclic amines) is 1. The number of carbonyl (C=O) groups is 2. The van der Waals surface area contributed by atoms with Crippen molar-refractivity contribution in [3.63, 3.8) is 0 Å². The van der Waals surface area contributed by atoms with Crippen molar-refractivity contribution in [3.8, 4) is 11.5 Å². The number of amides is 2. The first-order chi connectivity index (χ1) is 18.8. The van der Waals surface area contributed by atoms with Crippen molar-refractivity contribution in [1.82, 2.24) is 9.62 Å². The standard InChI is InChI=1S/C28H34ClFN2O7S/c1-28(2,3)39-27(34)32-13-12-20(16-32)38-19-8-10-21(11-9-19)40(35,36)31-26(33)22-14-23(29)25(15-24(22)30)37-17-18-6-4-5-7-18/h8-11,14-15,18,20H,4-7,12-13,16-17H2,1-3H3,(H,31,33). The molecular weight excluding hydrogens is 563 g/mol. The van der Waals surface area contributed by atoms with Gasteiger partial charge in [-0.1, -0.05) is 24.4 Å². The Morgan fingerprint density at radius 1 is 1.10 bits per heavy atom. The van der Waals surface area contributed by atoms with Crippen molar-refractivity contribution < 1.29 is 36.6 Å². The van der Waals surface area contributed by atoms with Gasteiger partial charge in [-0.15, -0.1) is 0 Å². The van der Waals surface area contributed by atoms with Crippen LogP contribution in [0.15, 0.2) is 41.3 Å². The van der Waals surface area contributed by atoms with Crippen LogP contribution >= 0.6 is 11.6 Å². The van der Waals surface area contributed by atoms with Crippen molar-refractivity contribution in [2.24, 2.45) is 5.92 Å². The van der Waals surface area contributed by atoms with Crippen LogP contribution in [-0.4, -0.2) is 56.7 Å². The van der Waals surface area contributed by atoms with Gasteiger partial charge in [0.25, 0.3) is 15.9 Å². The smallest absolute Gasteiger partial charge is 0.410 e. The zero-order valence-electron chi connectivity index (χ0n) is 22.7. The van der Waals surface area contributed by atoms with Crippen LogP contribution in [0.1, 0.15) is 63.2 Å². The molecule has 40 heavy (non-hydrogen) atoms. The van der Waals surface area contributed by atoms with Gasteiger partial charge in [-0.25, -0.2) is 22.3 Å². The molecule has 2 amide bonds. The summed E-state index contributed by atoms with van der Waals surface area (Å²) in [4.78, 5) is 26.3. The molecule has 9 nitrogen and oxygen atoms in total. The summed E-state index contributed by atoms with van der Waals surface area (Å²) in [7, 11) is -4.32. The zero-order valence-corrected chi connectivity index (χ0v) is 24.3. The maximum atomic E-state index is 14.7. The highest BCUT2D eigenvalue weighted by Crippen LogP contribution is 2.31. The number of rotatable bonds is 8. The first-order valence-electron chi connectivity index (χ1n) is 13.2. The maximum Gasteiger partial charge on any atom is 0.410 e. The second-order valence-corrected chi connectivity index (χ2v) is 13.2. The van der Waals surface area contributed by atoms with E-state index in [2.05, 4.69) is 0 Å². The fourth-order valence-corrected chi connectivity index (χ4v) is 5.82. The van der Waals surface area contributed by atoms with Crippen LogP contribution in [0.2, 0.25) is 5.02 Å². The predicted octanol–water partition coefficient (Wildman–Crippen LogP) is 5.56. The molecule has 1 aliphatic heterocycles. The van der Waals surface area contributed by atoms with E-state index in [-0.39, 0.29) is 21.8 Å². The van der Waals surface area contributed by atoms with Crippen LogP contribution in [0.5, 0.6) is 11.5 Å². The zero-order chi connectivity index (χ0) is 29.1. The average molecular weight is 597 g/mol. The molecule has 1 heterocycles. The molecule has 2 aliphatic rings. The molecule has 218 valence electrons. The van der Waals surface area contributed by atoms with Gasteiger partial charge in [0.2, 0.25) is 0 Å². The molecule has 1 atom stereocenters. The van der Waals surface area contributed by atoms with Crippen molar-refractivity contribution in [2.75, 3.05) is 19.7 Å². The molecule has 4 rings (SSSR count). The summed E-state index contributed by atoms with van der Waals surface area (Å²) >= 11 is 6.20. The third kappa shape index (κ3) is 7.78. The first-order valence-corrected chi connectivity index (χ1v) is 15.1. The van der Waals surface area contributed by atoms with Crippen LogP contribution in [0.25, 0.3) is 0 Å². The maximum absolute atomic E-state index is 14.7. The fraction of sp³-hybridized carbons (Fsp3) is 0.500. The molecular formula is C28H34ClFN2O7S. The lowest BCUT2D eigenvalue weighted by molar-refractivity contribution is 0.0275. The number of halogens is 2. The van der Waals surface area contributed by atoms with Gasteiger partial charge in [-0.3, -0.25) is 4.79 Å². The second kappa shape index (κ2) is 12.2. The summed E-state index contributed by atoms with van der Waals surface area (Å²) in [5.74, 6) is -1.21. The number of nitrogens with zero attached hydrogens (tertiary/aromatic N) is 1. The van der Waals surface area contributed by atoms with E-state index in [1.165, 1.54) is 24.3 Å². The molecule has 1 aliphatic carbocycles. The molecule has 1 saturated heterocycles. The van der Waals surface area contributed by atoms with Gasteiger partial charge in [0.05, 0.1) is 28.6 Å². The van der Waals surface area contributed by atoms with E-state index in [9.17, 15) is 22.4 Å². The summed E-state index contributed by atoms with van der Waals surface area (Å²) in [6.07, 6.45) is 4.24. The van der Waals surface area contributed by atoms with Crippen molar-refractivity contribution in [2.45, 2.75) is 69.5 Å². The summed E-state index contributed by atoms with van der Waals surface area (Å²) in [5, 5.41) is 0.0144. The van der Waals surface area contributed by atoms with Gasteiger partial charge < -0.3 is 19.1 Å².